The van der Waals surface area contributed by atoms with Crippen molar-refractivity contribution in [3.8, 4) is 0 Å². The largest absolute Gasteiger partial charge is 0.444 e. The van der Waals surface area contributed by atoms with E-state index in [0.717, 1.165) is 24.4 Å². The summed E-state index contributed by atoms with van der Waals surface area (Å²) in [5.41, 5.74) is -0.185. The zero-order valence-corrected chi connectivity index (χ0v) is 16.9. The summed E-state index contributed by atoms with van der Waals surface area (Å²) in [6.07, 6.45) is 2.99. The highest BCUT2D eigenvalue weighted by molar-refractivity contribution is 7.09. The first-order chi connectivity index (χ1) is 13.3. The lowest BCUT2D eigenvalue weighted by Gasteiger charge is -2.37. The van der Waals surface area contributed by atoms with Gasteiger partial charge in [0.2, 0.25) is 5.13 Å². The molecule has 0 bridgehead atoms. The molecule has 2 heterocycles. The SMILES string of the molecule is CC(C)(C)OC(=O)N1CCCCC1C(=O)N(c1ccc(F)cc1)c1ncns1. The predicted octanol–water partition coefficient (Wildman–Crippen LogP) is 4.13. The lowest BCUT2D eigenvalue weighted by atomic mass is 10.0. The molecular formula is C19H23FN4O3S. The highest BCUT2D eigenvalue weighted by Gasteiger charge is 2.38. The normalized spacial score (nSPS) is 17.3. The molecule has 0 aliphatic carbocycles. The molecule has 150 valence electrons. The van der Waals surface area contributed by atoms with Gasteiger partial charge in [-0.05, 0) is 64.3 Å². The summed E-state index contributed by atoms with van der Waals surface area (Å²) in [6, 6.07) is 4.90. The molecule has 1 aromatic carbocycles. The number of aromatic nitrogens is 2. The van der Waals surface area contributed by atoms with Crippen LogP contribution in [-0.2, 0) is 9.53 Å². The average molecular weight is 406 g/mol. The van der Waals surface area contributed by atoms with Gasteiger partial charge in [-0.1, -0.05) is 0 Å². The van der Waals surface area contributed by atoms with Gasteiger partial charge < -0.3 is 4.74 Å². The standard InChI is InChI=1S/C19H23FN4O3S/c1-19(2,3)27-18(26)23-11-5-4-6-15(23)16(25)24(17-21-12-22-28-17)14-9-7-13(20)8-10-14/h7-10,12,15H,4-6,11H2,1-3H3. The highest BCUT2D eigenvalue weighted by Crippen LogP contribution is 2.30. The van der Waals surface area contributed by atoms with Crippen LogP contribution in [-0.4, -0.2) is 44.4 Å². The van der Waals surface area contributed by atoms with Gasteiger partial charge in [0.25, 0.3) is 5.91 Å². The van der Waals surface area contributed by atoms with Crippen molar-refractivity contribution in [2.45, 2.75) is 51.7 Å². The molecular weight excluding hydrogens is 383 g/mol. The Balaban J connectivity index is 1.92. The van der Waals surface area contributed by atoms with Crippen LogP contribution in [0.3, 0.4) is 0 Å². The third kappa shape index (κ3) is 4.64. The van der Waals surface area contributed by atoms with E-state index in [0.29, 0.717) is 23.8 Å². The number of halogens is 1. The smallest absolute Gasteiger partial charge is 0.410 e. The van der Waals surface area contributed by atoms with E-state index in [1.807, 2.05) is 0 Å². The van der Waals surface area contributed by atoms with Crippen molar-refractivity contribution in [2.75, 3.05) is 11.4 Å². The van der Waals surface area contributed by atoms with Gasteiger partial charge >= 0.3 is 6.09 Å². The van der Waals surface area contributed by atoms with Gasteiger partial charge in [0, 0.05) is 18.1 Å². The summed E-state index contributed by atoms with van der Waals surface area (Å²) in [5.74, 6) is -0.713. The van der Waals surface area contributed by atoms with Gasteiger partial charge in [0.1, 0.15) is 23.8 Å². The first-order valence-corrected chi connectivity index (χ1v) is 9.89. The van der Waals surface area contributed by atoms with Crippen LogP contribution in [0.15, 0.2) is 30.6 Å². The fraction of sp³-hybridized carbons (Fsp3) is 0.474. The van der Waals surface area contributed by atoms with Crippen LogP contribution in [0.25, 0.3) is 0 Å². The number of nitrogens with zero attached hydrogens (tertiary/aromatic N) is 4. The van der Waals surface area contributed by atoms with E-state index in [2.05, 4.69) is 9.36 Å². The van der Waals surface area contributed by atoms with Gasteiger partial charge in [-0.15, -0.1) is 0 Å². The van der Waals surface area contributed by atoms with Crippen LogP contribution >= 0.6 is 11.5 Å². The Hall–Kier alpha value is -2.55. The fourth-order valence-corrected chi connectivity index (χ4v) is 3.62. The average Bonchev–Trinajstić information content (AvgIpc) is 3.16. The van der Waals surface area contributed by atoms with Crippen LogP contribution < -0.4 is 4.90 Å². The Bertz CT molecular complexity index is 821. The first-order valence-electron chi connectivity index (χ1n) is 9.12. The second kappa shape index (κ2) is 8.22. The van der Waals surface area contributed by atoms with Crippen molar-refractivity contribution >= 4 is 34.4 Å². The van der Waals surface area contributed by atoms with Gasteiger partial charge in [0.15, 0.2) is 0 Å². The number of hydrogen-bond acceptors (Lipinski definition) is 6. The molecule has 1 aromatic heterocycles. The summed E-state index contributed by atoms with van der Waals surface area (Å²) in [5, 5.41) is 0.367. The van der Waals surface area contributed by atoms with E-state index in [1.165, 1.54) is 40.4 Å². The second-order valence-electron chi connectivity index (χ2n) is 7.56. The minimum absolute atomic E-state index is 0.311. The molecule has 2 amide bonds. The van der Waals surface area contributed by atoms with Gasteiger partial charge in [-0.2, -0.15) is 4.37 Å². The first kappa shape index (κ1) is 20.2. The van der Waals surface area contributed by atoms with Crippen LogP contribution in [0, 0.1) is 5.82 Å². The second-order valence-corrected chi connectivity index (χ2v) is 8.32. The summed E-state index contributed by atoms with van der Waals surface area (Å²) in [4.78, 5) is 33.2. The van der Waals surface area contributed by atoms with Crippen LogP contribution in [0.4, 0.5) is 20.0 Å². The molecule has 7 nitrogen and oxygen atoms in total. The fourth-order valence-electron chi connectivity index (χ4n) is 3.06. The Morgan fingerprint density at radius 2 is 1.96 bits per heavy atom. The summed E-state index contributed by atoms with van der Waals surface area (Å²) in [7, 11) is 0. The Kier molecular flexibility index (Phi) is 5.93. The Labute approximate surface area is 167 Å². The topological polar surface area (TPSA) is 75.6 Å². The molecule has 2 aromatic rings. The minimum Gasteiger partial charge on any atom is -0.444 e. The minimum atomic E-state index is -0.683. The number of anilines is 2. The lowest BCUT2D eigenvalue weighted by Crippen LogP contribution is -2.53. The zero-order valence-electron chi connectivity index (χ0n) is 16.1. The molecule has 9 heteroatoms. The number of amides is 2. The maximum Gasteiger partial charge on any atom is 0.410 e. The molecule has 1 aliphatic heterocycles. The zero-order chi connectivity index (χ0) is 20.3. The van der Waals surface area contributed by atoms with Crippen LogP contribution in [0.2, 0.25) is 0 Å². The number of benzene rings is 1. The number of likely N-dealkylation sites (tertiary alicyclic amines) is 1. The van der Waals surface area contributed by atoms with E-state index in [-0.39, 0.29) is 5.91 Å². The highest BCUT2D eigenvalue weighted by atomic mass is 32.1. The van der Waals surface area contributed by atoms with Crippen molar-refractivity contribution in [3.63, 3.8) is 0 Å². The van der Waals surface area contributed by atoms with E-state index in [4.69, 9.17) is 4.74 Å². The molecule has 3 rings (SSSR count). The molecule has 0 saturated carbocycles. The van der Waals surface area contributed by atoms with Crippen molar-refractivity contribution in [1.82, 2.24) is 14.3 Å². The van der Waals surface area contributed by atoms with Crippen LogP contribution in [0.5, 0.6) is 0 Å². The maximum atomic E-state index is 13.5. The monoisotopic (exact) mass is 406 g/mol. The van der Waals surface area contributed by atoms with Crippen molar-refractivity contribution in [3.05, 3.63) is 36.4 Å². The molecule has 1 aliphatic rings. The molecule has 0 spiro atoms. The van der Waals surface area contributed by atoms with E-state index >= 15 is 0 Å². The summed E-state index contributed by atoms with van der Waals surface area (Å²) in [6.45, 7) is 5.81. The lowest BCUT2D eigenvalue weighted by molar-refractivity contribution is -0.124. The van der Waals surface area contributed by atoms with Crippen molar-refractivity contribution in [2.24, 2.45) is 0 Å². The molecule has 28 heavy (non-hydrogen) atoms. The van der Waals surface area contributed by atoms with Crippen molar-refractivity contribution < 1.29 is 18.7 Å². The van der Waals surface area contributed by atoms with Gasteiger partial charge in [-0.25, -0.2) is 14.2 Å². The molecule has 0 radical (unpaired) electrons. The molecule has 1 fully saturated rings. The van der Waals surface area contributed by atoms with Crippen LogP contribution in [0.1, 0.15) is 40.0 Å². The number of ether oxygens (including phenoxy) is 1. The number of hydrogen-bond donors (Lipinski definition) is 0. The number of carbonyl (C=O) groups is 2. The third-order valence-corrected chi connectivity index (χ3v) is 4.91. The molecule has 1 unspecified atom stereocenters. The number of rotatable bonds is 3. The molecule has 0 N–H and O–H groups in total. The summed E-state index contributed by atoms with van der Waals surface area (Å²) < 4.78 is 22.8. The predicted molar refractivity (Wildman–Crippen MR) is 104 cm³/mol. The molecule has 1 saturated heterocycles. The summed E-state index contributed by atoms with van der Waals surface area (Å²) >= 11 is 1.06. The maximum absolute atomic E-state index is 13.5. The number of carbonyl (C=O) groups excluding carboxylic acids is 2. The quantitative estimate of drug-likeness (QED) is 0.766. The Morgan fingerprint density at radius 1 is 1.25 bits per heavy atom. The number of piperidine rings is 1. The van der Waals surface area contributed by atoms with E-state index < -0.39 is 23.6 Å². The third-order valence-electron chi connectivity index (χ3n) is 4.26. The Morgan fingerprint density at radius 3 is 2.57 bits per heavy atom. The van der Waals surface area contributed by atoms with Crippen molar-refractivity contribution in [1.29, 1.82) is 0 Å². The van der Waals surface area contributed by atoms with E-state index in [9.17, 15) is 14.0 Å². The van der Waals surface area contributed by atoms with Gasteiger partial charge in [0.05, 0.1) is 5.69 Å². The van der Waals surface area contributed by atoms with Gasteiger partial charge in [-0.3, -0.25) is 14.6 Å². The molecule has 1 atom stereocenters. The van der Waals surface area contributed by atoms with E-state index in [1.54, 1.807) is 20.8 Å².